The van der Waals surface area contributed by atoms with Crippen LogP contribution in [-0.2, 0) is 0 Å². The van der Waals surface area contributed by atoms with E-state index >= 15 is 0 Å². The fourth-order valence-electron chi connectivity index (χ4n) is 3.22. The Labute approximate surface area is 145 Å². The van der Waals surface area contributed by atoms with Crippen LogP contribution in [0.1, 0.15) is 36.0 Å². The minimum absolute atomic E-state index is 0.101. The number of fused-ring (bicyclic) bond motifs is 1. The van der Waals surface area contributed by atoms with E-state index in [4.69, 9.17) is 0 Å². The quantitative estimate of drug-likeness (QED) is 0.792. The lowest BCUT2D eigenvalue weighted by Gasteiger charge is -2.17. The molecule has 4 rings (SSSR count). The molecule has 7 nitrogen and oxygen atoms in total. The van der Waals surface area contributed by atoms with Gasteiger partial charge in [0.2, 0.25) is 0 Å². The lowest BCUT2D eigenvalue weighted by molar-refractivity contribution is 0.0939. The molecule has 7 heteroatoms. The summed E-state index contributed by atoms with van der Waals surface area (Å²) in [5, 5.41) is 7.35. The van der Waals surface area contributed by atoms with Crippen molar-refractivity contribution in [2.45, 2.75) is 31.7 Å². The van der Waals surface area contributed by atoms with E-state index in [0.717, 1.165) is 24.3 Å². The molecule has 0 radical (unpaired) electrons. The van der Waals surface area contributed by atoms with Gasteiger partial charge in [0.25, 0.3) is 5.91 Å². The largest absolute Gasteiger partial charge is 0.349 e. The molecule has 3 aromatic heterocycles. The van der Waals surface area contributed by atoms with E-state index in [1.54, 1.807) is 23.1 Å². The Morgan fingerprint density at radius 1 is 1.28 bits per heavy atom. The molecule has 25 heavy (non-hydrogen) atoms. The van der Waals surface area contributed by atoms with E-state index in [1.807, 2.05) is 36.3 Å². The van der Waals surface area contributed by atoms with Crippen LogP contribution in [0, 0.1) is 0 Å². The van der Waals surface area contributed by atoms with Gasteiger partial charge < -0.3 is 10.2 Å². The molecule has 1 saturated carbocycles. The lowest BCUT2D eigenvalue weighted by Crippen LogP contribution is -2.32. The highest BCUT2D eigenvalue weighted by molar-refractivity contribution is 6.00. The van der Waals surface area contributed by atoms with Gasteiger partial charge in [-0.15, -0.1) is 0 Å². The summed E-state index contributed by atoms with van der Waals surface area (Å²) >= 11 is 0. The van der Waals surface area contributed by atoms with Gasteiger partial charge in [0.15, 0.2) is 5.65 Å². The first-order valence-corrected chi connectivity index (χ1v) is 8.51. The number of anilines is 2. The summed E-state index contributed by atoms with van der Waals surface area (Å²) in [6, 6.07) is 5.97. The van der Waals surface area contributed by atoms with Gasteiger partial charge in [-0.2, -0.15) is 5.10 Å². The Hall–Kier alpha value is -2.96. The molecule has 3 heterocycles. The molecular weight excluding hydrogens is 316 g/mol. The first-order valence-electron chi connectivity index (χ1n) is 8.51. The van der Waals surface area contributed by atoms with Crippen LogP contribution in [0.5, 0.6) is 0 Å². The molecule has 1 amide bonds. The second-order valence-corrected chi connectivity index (χ2v) is 6.34. The third kappa shape index (κ3) is 3.05. The third-order valence-electron chi connectivity index (χ3n) is 4.67. The van der Waals surface area contributed by atoms with Gasteiger partial charge in [-0.1, -0.05) is 12.8 Å². The summed E-state index contributed by atoms with van der Waals surface area (Å²) in [5.74, 6) is 0.631. The van der Waals surface area contributed by atoms with Gasteiger partial charge in [0.05, 0.1) is 18.1 Å². The van der Waals surface area contributed by atoms with Gasteiger partial charge >= 0.3 is 0 Å². The van der Waals surface area contributed by atoms with Crippen LogP contribution in [0.15, 0.2) is 43.0 Å². The van der Waals surface area contributed by atoms with Crippen molar-refractivity contribution in [1.29, 1.82) is 0 Å². The van der Waals surface area contributed by atoms with E-state index in [2.05, 4.69) is 20.4 Å². The maximum absolute atomic E-state index is 12.6. The number of carbonyl (C=O) groups is 1. The highest BCUT2D eigenvalue weighted by Gasteiger charge is 2.21. The smallest absolute Gasteiger partial charge is 0.256 e. The first-order chi connectivity index (χ1) is 12.2. The Balaban J connectivity index is 1.64. The van der Waals surface area contributed by atoms with E-state index in [-0.39, 0.29) is 11.9 Å². The van der Waals surface area contributed by atoms with Crippen LogP contribution in [0.2, 0.25) is 0 Å². The summed E-state index contributed by atoms with van der Waals surface area (Å²) in [7, 11) is 1.92. The Kier molecular flexibility index (Phi) is 4.05. The zero-order valence-electron chi connectivity index (χ0n) is 14.1. The summed E-state index contributed by atoms with van der Waals surface area (Å²) in [6.45, 7) is 0. The maximum atomic E-state index is 12.6. The number of aromatic nitrogens is 4. The van der Waals surface area contributed by atoms with Crippen molar-refractivity contribution < 1.29 is 4.79 Å². The Bertz CT molecular complexity index is 885. The van der Waals surface area contributed by atoms with Crippen LogP contribution in [0.3, 0.4) is 0 Å². The minimum Gasteiger partial charge on any atom is -0.349 e. The highest BCUT2D eigenvalue weighted by atomic mass is 16.1. The topological polar surface area (TPSA) is 75.4 Å². The second-order valence-electron chi connectivity index (χ2n) is 6.34. The monoisotopic (exact) mass is 336 g/mol. The molecule has 0 atom stereocenters. The number of hydrogen-bond donors (Lipinski definition) is 1. The zero-order chi connectivity index (χ0) is 17.2. The van der Waals surface area contributed by atoms with Gasteiger partial charge in [0, 0.05) is 25.5 Å². The molecular formula is C18H20N6O. The van der Waals surface area contributed by atoms with E-state index in [9.17, 15) is 4.79 Å². The first kappa shape index (κ1) is 15.6. The van der Waals surface area contributed by atoms with Crippen molar-refractivity contribution in [2.24, 2.45) is 0 Å². The number of amides is 1. The van der Waals surface area contributed by atoms with Gasteiger partial charge in [-0.3, -0.25) is 9.78 Å². The molecule has 0 spiro atoms. The SMILES string of the molecule is CN(c1cccnc1)c1ccn2ncc(C(=O)NC3CCCC3)c2n1. The van der Waals surface area contributed by atoms with Gasteiger partial charge in [-0.25, -0.2) is 9.50 Å². The van der Waals surface area contributed by atoms with Crippen molar-refractivity contribution in [1.82, 2.24) is 24.9 Å². The molecule has 0 saturated heterocycles. The number of pyridine rings is 1. The average molecular weight is 336 g/mol. The lowest BCUT2D eigenvalue weighted by atomic mass is 10.2. The van der Waals surface area contributed by atoms with Crippen LogP contribution in [0.4, 0.5) is 11.5 Å². The van der Waals surface area contributed by atoms with Crippen molar-refractivity contribution in [3.05, 3.63) is 48.5 Å². The molecule has 0 aromatic carbocycles. The predicted octanol–water partition coefficient (Wildman–Crippen LogP) is 2.56. The third-order valence-corrected chi connectivity index (χ3v) is 4.67. The minimum atomic E-state index is -0.101. The summed E-state index contributed by atoms with van der Waals surface area (Å²) < 4.78 is 1.63. The zero-order valence-corrected chi connectivity index (χ0v) is 14.1. The molecule has 1 N–H and O–H groups in total. The molecule has 3 aromatic rings. The van der Waals surface area contributed by atoms with E-state index in [1.165, 1.54) is 12.8 Å². The number of hydrogen-bond acceptors (Lipinski definition) is 5. The molecule has 0 bridgehead atoms. The highest BCUT2D eigenvalue weighted by Crippen LogP contribution is 2.22. The second kappa shape index (κ2) is 6.51. The number of rotatable bonds is 4. The number of nitrogens with zero attached hydrogens (tertiary/aromatic N) is 5. The fraction of sp³-hybridized carbons (Fsp3) is 0.333. The number of nitrogens with one attached hydrogen (secondary N) is 1. The van der Waals surface area contributed by atoms with Gasteiger partial charge in [-0.05, 0) is 31.0 Å². The molecule has 1 fully saturated rings. The fourth-order valence-corrected chi connectivity index (χ4v) is 3.22. The molecule has 128 valence electrons. The molecule has 0 unspecified atom stereocenters. The maximum Gasteiger partial charge on any atom is 0.256 e. The standard InChI is InChI=1S/C18H20N6O/c1-23(14-7-4-9-19-11-14)16-8-10-24-17(22-16)15(12-20-24)18(25)21-13-5-2-3-6-13/h4,7-13H,2-3,5-6H2,1H3,(H,21,25). The summed E-state index contributed by atoms with van der Waals surface area (Å²) in [5.41, 5.74) is 1.99. The van der Waals surface area contributed by atoms with Crippen molar-refractivity contribution in [3.8, 4) is 0 Å². The Morgan fingerprint density at radius 2 is 2.12 bits per heavy atom. The van der Waals surface area contributed by atoms with Crippen LogP contribution in [-0.4, -0.2) is 38.6 Å². The van der Waals surface area contributed by atoms with Crippen molar-refractivity contribution in [2.75, 3.05) is 11.9 Å². The average Bonchev–Trinajstić information content (AvgIpc) is 3.30. The molecule has 1 aliphatic rings. The van der Waals surface area contributed by atoms with Crippen molar-refractivity contribution in [3.63, 3.8) is 0 Å². The van der Waals surface area contributed by atoms with Crippen molar-refractivity contribution >= 4 is 23.1 Å². The summed E-state index contributed by atoms with van der Waals surface area (Å²) in [6.07, 6.45) is 11.4. The van der Waals surface area contributed by atoms with Crippen LogP contribution in [0.25, 0.3) is 5.65 Å². The summed E-state index contributed by atoms with van der Waals surface area (Å²) in [4.78, 5) is 23.3. The van der Waals surface area contributed by atoms with Crippen LogP contribution < -0.4 is 10.2 Å². The van der Waals surface area contributed by atoms with Gasteiger partial charge in [0.1, 0.15) is 11.4 Å². The predicted molar refractivity (Wildman–Crippen MR) is 95.0 cm³/mol. The Morgan fingerprint density at radius 3 is 2.88 bits per heavy atom. The van der Waals surface area contributed by atoms with Crippen LogP contribution >= 0.6 is 0 Å². The van der Waals surface area contributed by atoms with E-state index < -0.39 is 0 Å². The normalized spacial score (nSPS) is 14.8. The number of carbonyl (C=O) groups excluding carboxylic acids is 1. The molecule has 0 aliphatic heterocycles. The van der Waals surface area contributed by atoms with E-state index in [0.29, 0.717) is 11.2 Å². The molecule has 1 aliphatic carbocycles.